The van der Waals surface area contributed by atoms with Crippen LogP contribution in [-0.2, 0) is 4.79 Å². The lowest BCUT2D eigenvalue weighted by Gasteiger charge is -2.31. The van der Waals surface area contributed by atoms with Crippen LogP contribution in [0.1, 0.15) is 18.5 Å². The summed E-state index contributed by atoms with van der Waals surface area (Å²) >= 11 is 5.35. The fraction of sp³-hybridized carbons (Fsp3) is 0.217. The number of amides is 1. The summed E-state index contributed by atoms with van der Waals surface area (Å²) in [5.41, 5.74) is 2.41. The fourth-order valence-electron chi connectivity index (χ4n) is 3.33. The van der Waals surface area contributed by atoms with Crippen molar-refractivity contribution in [1.29, 1.82) is 0 Å². The molecule has 3 rings (SSSR count). The van der Waals surface area contributed by atoms with Crippen molar-refractivity contribution in [2.75, 3.05) is 26.1 Å². The van der Waals surface area contributed by atoms with E-state index in [9.17, 15) is 4.79 Å². The van der Waals surface area contributed by atoms with Crippen molar-refractivity contribution >= 4 is 28.9 Å². The van der Waals surface area contributed by atoms with Crippen molar-refractivity contribution in [2.24, 2.45) is 0 Å². The highest BCUT2D eigenvalue weighted by Crippen LogP contribution is 2.35. The molecule has 7 nitrogen and oxygen atoms in total. The van der Waals surface area contributed by atoms with Crippen LogP contribution in [0.15, 0.2) is 66.4 Å². The number of nitrogens with one attached hydrogen (secondary N) is 3. The van der Waals surface area contributed by atoms with Gasteiger partial charge in [0.15, 0.2) is 5.11 Å². The number of hydrogen-bond acceptors (Lipinski definition) is 5. The number of carbonyl (C=O) groups is 1. The molecule has 162 valence electrons. The van der Waals surface area contributed by atoms with Crippen LogP contribution in [0, 0.1) is 0 Å². The van der Waals surface area contributed by atoms with Crippen LogP contribution < -0.4 is 30.2 Å². The van der Waals surface area contributed by atoms with Crippen LogP contribution in [-0.4, -0.2) is 31.8 Å². The number of benzene rings is 2. The Labute approximate surface area is 187 Å². The molecule has 0 radical (unpaired) electrons. The van der Waals surface area contributed by atoms with E-state index in [1.54, 1.807) is 38.5 Å². The normalized spacial score (nSPS) is 15.5. The second-order valence-corrected chi connectivity index (χ2v) is 7.14. The standard InChI is InChI=1S/C23H25N3O4S/c1-5-12-30-18-9-7-6-8-16(18)21-20(14(2)24-23(31)26-21)22(27)25-17-13-15(28-3)10-11-19(17)29-4/h5-11,13,21H,1,12H2,2-4H3,(H,25,27)(H2,24,26,31)/t21-/m1/s1. The van der Waals surface area contributed by atoms with Crippen LogP contribution in [0.4, 0.5) is 5.69 Å². The van der Waals surface area contributed by atoms with Crippen molar-refractivity contribution in [3.8, 4) is 17.2 Å². The van der Waals surface area contributed by atoms with E-state index in [0.29, 0.717) is 45.9 Å². The summed E-state index contributed by atoms with van der Waals surface area (Å²) in [4.78, 5) is 13.4. The van der Waals surface area contributed by atoms with Gasteiger partial charge in [0, 0.05) is 17.3 Å². The number of para-hydroxylation sites is 1. The number of thiocarbonyl (C=S) groups is 1. The van der Waals surface area contributed by atoms with Gasteiger partial charge >= 0.3 is 0 Å². The Bertz CT molecular complexity index is 1040. The van der Waals surface area contributed by atoms with Gasteiger partial charge in [0.05, 0.1) is 31.5 Å². The molecule has 1 amide bonds. The third-order valence-electron chi connectivity index (χ3n) is 4.76. The SMILES string of the molecule is C=CCOc1ccccc1[C@H]1NC(=S)NC(C)=C1C(=O)Nc1cc(OC)ccc1OC. The first-order valence-electron chi connectivity index (χ1n) is 9.62. The monoisotopic (exact) mass is 439 g/mol. The lowest BCUT2D eigenvalue weighted by Crippen LogP contribution is -2.45. The molecule has 2 aromatic rings. The second-order valence-electron chi connectivity index (χ2n) is 6.73. The highest BCUT2D eigenvalue weighted by Gasteiger charge is 2.32. The summed E-state index contributed by atoms with van der Waals surface area (Å²) in [5, 5.41) is 9.58. The van der Waals surface area contributed by atoms with Crippen LogP contribution >= 0.6 is 12.2 Å². The Morgan fingerprint density at radius 1 is 1.19 bits per heavy atom. The van der Waals surface area contributed by atoms with Gasteiger partial charge in [-0.15, -0.1) is 0 Å². The molecule has 31 heavy (non-hydrogen) atoms. The molecule has 0 bridgehead atoms. The molecule has 3 N–H and O–H groups in total. The first-order chi connectivity index (χ1) is 15.0. The molecule has 1 atom stereocenters. The maximum atomic E-state index is 13.4. The molecule has 8 heteroatoms. The topological polar surface area (TPSA) is 80.9 Å². The average molecular weight is 440 g/mol. The van der Waals surface area contributed by atoms with Gasteiger partial charge in [0.1, 0.15) is 23.9 Å². The highest BCUT2D eigenvalue weighted by atomic mass is 32.1. The molecule has 0 saturated carbocycles. The minimum atomic E-state index is -0.508. The molecule has 1 heterocycles. The van der Waals surface area contributed by atoms with Crippen molar-refractivity contribution < 1.29 is 19.0 Å². The smallest absolute Gasteiger partial charge is 0.255 e. The molecule has 2 aromatic carbocycles. The van der Waals surface area contributed by atoms with E-state index >= 15 is 0 Å². The number of allylic oxidation sites excluding steroid dienone is 1. The average Bonchev–Trinajstić information content (AvgIpc) is 2.77. The van der Waals surface area contributed by atoms with Crippen molar-refractivity contribution in [3.05, 3.63) is 72.0 Å². The minimum absolute atomic E-state index is 0.310. The summed E-state index contributed by atoms with van der Waals surface area (Å²) in [5.74, 6) is 1.45. The molecular weight excluding hydrogens is 414 g/mol. The predicted molar refractivity (Wildman–Crippen MR) is 125 cm³/mol. The van der Waals surface area contributed by atoms with E-state index in [4.69, 9.17) is 26.4 Å². The third-order valence-corrected chi connectivity index (χ3v) is 4.98. The zero-order chi connectivity index (χ0) is 22.4. The summed E-state index contributed by atoms with van der Waals surface area (Å²) in [6.07, 6.45) is 1.67. The van der Waals surface area contributed by atoms with Crippen molar-refractivity contribution in [2.45, 2.75) is 13.0 Å². The Morgan fingerprint density at radius 3 is 2.68 bits per heavy atom. The second kappa shape index (κ2) is 9.99. The van der Waals surface area contributed by atoms with Gasteiger partial charge in [-0.2, -0.15) is 0 Å². The maximum absolute atomic E-state index is 13.4. The van der Waals surface area contributed by atoms with Crippen LogP contribution in [0.3, 0.4) is 0 Å². The predicted octanol–water partition coefficient (Wildman–Crippen LogP) is 3.70. The zero-order valence-electron chi connectivity index (χ0n) is 17.7. The van der Waals surface area contributed by atoms with Crippen molar-refractivity contribution in [1.82, 2.24) is 10.6 Å². The third kappa shape index (κ3) is 4.97. The van der Waals surface area contributed by atoms with Gasteiger partial charge in [0.25, 0.3) is 5.91 Å². The van der Waals surface area contributed by atoms with Crippen LogP contribution in [0.25, 0.3) is 0 Å². The minimum Gasteiger partial charge on any atom is -0.497 e. The van der Waals surface area contributed by atoms with Crippen molar-refractivity contribution in [3.63, 3.8) is 0 Å². The largest absolute Gasteiger partial charge is 0.497 e. The van der Waals surface area contributed by atoms with Gasteiger partial charge in [-0.1, -0.05) is 30.9 Å². The van der Waals surface area contributed by atoms with Gasteiger partial charge < -0.3 is 30.2 Å². The van der Waals surface area contributed by atoms with Gasteiger partial charge in [-0.05, 0) is 37.3 Å². The molecule has 1 aliphatic rings. The highest BCUT2D eigenvalue weighted by molar-refractivity contribution is 7.80. The maximum Gasteiger partial charge on any atom is 0.255 e. The van der Waals surface area contributed by atoms with E-state index in [0.717, 1.165) is 5.56 Å². The molecule has 1 aliphatic heterocycles. The van der Waals surface area contributed by atoms with E-state index in [1.165, 1.54) is 0 Å². The summed E-state index contributed by atoms with van der Waals surface area (Å²) in [7, 11) is 3.10. The van der Waals surface area contributed by atoms with Gasteiger partial charge in [-0.3, -0.25) is 4.79 Å². The molecule has 0 saturated heterocycles. The fourth-order valence-corrected chi connectivity index (χ4v) is 3.60. The summed E-state index contributed by atoms with van der Waals surface area (Å²) in [6, 6.07) is 12.2. The molecule has 0 fully saturated rings. The number of rotatable bonds is 8. The quantitative estimate of drug-likeness (QED) is 0.427. The lowest BCUT2D eigenvalue weighted by molar-refractivity contribution is -0.113. The summed E-state index contributed by atoms with van der Waals surface area (Å²) < 4.78 is 16.5. The molecule has 0 spiro atoms. The van der Waals surface area contributed by atoms with Crippen LogP contribution in [0.5, 0.6) is 17.2 Å². The molecule has 0 unspecified atom stereocenters. The molecule has 0 aromatic heterocycles. The van der Waals surface area contributed by atoms with E-state index in [-0.39, 0.29) is 5.91 Å². The first-order valence-corrected chi connectivity index (χ1v) is 10.0. The number of carbonyl (C=O) groups excluding carboxylic acids is 1. The zero-order valence-corrected chi connectivity index (χ0v) is 18.5. The van der Waals surface area contributed by atoms with E-state index in [2.05, 4.69) is 22.5 Å². The number of methoxy groups -OCH3 is 2. The van der Waals surface area contributed by atoms with E-state index < -0.39 is 6.04 Å². The van der Waals surface area contributed by atoms with E-state index in [1.807, 2.05) is 31.2 Å². The Balaban J connectivity index is 2.00. The molecular formula is C23H25N3O4S. The van der Waals surface area contributed by atoms with Gasteiger partial charge in [-0.25, -0.2) is 0 Å². The van der Waals surface area contributed by atoms with Gasteiger partial charge in [0.2, 0.25) is 0 Å². The summed E-state index contributed by atoms with van der Waals surface area (Å²) in [6.45, 7) is 5.85. The first kappa shape index (κ1) is 22.2. The Kier molecular flexibility index (Phi) is 7.15. The Hall–Kier alpha value is -3.52. The van der Waals surface area contributed by atoms with Crippen LogP contribution in [0.2, 0.25) is 0 Å². The number of anilines is 1. The number of ether oxygens (including phenoxy) is 3. The Morgan fingerprint density at radius 2 is 1.97 bits per heavy atom. The lowest BCUT2D eigenvalue weighted by atomic mass is 9.94. The molecule has 0 aliphatic carbocycles. The number of hydrogen-bond donors (Lipinski definition) is 3.